The van der Waals surface area contributed by atoms with Gasteiger partial charge in [0.2, 0.25) is 0 Å². The Morgan fingerprint density at radius 2 is 1.97 bits per heavy atom. The summed E-state index contributed by atoms with van der Waals surface area (Å²) >= 11 is 0. The Balaban J connectivity index is 1.29. The molecule has 0 spiro atoms. The molecular weight excluding hydrogens is 378 g/mol. The van der Waals surface area contributed by atoms with Gasteiger partial charge in [-0.2, -0.15) is 0 Å². The van der Waals surface area contributed by atoms with E-state index in [1.807, 2.05) is 29.2 Å². The first-order chi connectivity index (χ1) is 14.6. The molecule has 6 heteroatoms. The average Bonchev–Trinajstić information content (AvgIpc) is 3.07. The lowest BCUT2D eigenvalue weighted by Crippen LogP contribution is -2.42. The zero-order chi connectivity index (χ0) is 20.9. The minimum absolute atomic E-state index is 0.0207. The van der Waals surface area contributed by atoms with Crippen molar-refractivity contribution in [3.63, 3.8) is 0 Å². The fourth-order valence-corrected chi connectivity index (χ4v) is 3.87. The van der Waals surface area contributed by atoms with Crippen molar-refractivity contribution in [2.24, 2.45) is 7.05 Å². The molecule has 0 bridgehead atoms. The molecule has 30 heavy (non-hydrogen) atoms. The number of aromatic nitrogens is 1. The molecule has 0 saturated heterocycles. The van der Waals surface area contributed by atoms with E-state index in [1.54, 1.807) is 7.05 Å². The van der Waals surface area contributed by atoms with E-state index in [1.165, 1.54) is 10.1 Å². The van der Waals surface area contributed by atoms with Crippen LogP contribution in [-0.2, 0) is 13.5 Å². The van der Waals surface area contributed by atoms with Gasteiger partial charge in [0.05, 0.1) is 5.52 Å². The number of rotatable bonds is 6. The molecule has 1 N–H and O–H groups in total. The monoisotopic (exact) mass is 405 g/mol. The highest BCUT2D eigenvalue weighted by molar-refractivity contribution is 5.82. The van der Waals surface area contributed by atoms with Crippen molar-refractivity contribution in [1.82, 2.24) is 14.8 Å². The number of aryl methyl sites for hydroxylation is 2. The Kier molecular flexibility index (Phi) is 6.02. The van der Waals surface area contributed by atoms with E-state index < -0.39 is 0 Å². The lowest BCUT2D eigenvalue weighted by atomic mass is 10.0. The number of benzene rings is 2. The number of amides is 2. The number of urea groups is 1. The van der Waals surface area contributed by atoms with Crippen LogP contribution in [0.3, 0.4) is 0 Å². The van der Waals surface area contributed by atoms with Crippen LogP contribution in [0.15, 0.2) is 63.8 Å². The highest BCUT2D eigenvalue weighted by atomic mass is 16.4. The van der Waals surface area contributed by atoms with Crippen molar-refractivity contribution >= 4 is 22.7 Å². The first-order valence-corrected chi connectivity index (χ1v) is 10.5. The second kappa shape index (κ2) is 9.03. The molecule has 156 valence electrons. The molecule has 2 amide bonds. The maximum atomic E-state index is 12.6. The molecule has 1 aliphatic heterocycles. The fraction of sp³-hybridized carbons (Fsp3) is 0.333. The van der Waals surface area contributed by atoms with Crippen LogP contribution < -0.4 is 11.1 Å². The van der Waals surface area contributed by atoms with Gasteiger partial charge in [-0.25, -0.2) is 9.59 Å². The van der Waals surface area contributed by atoms with E-state index in [2.05, 4.69) is 35.7 Å². The SMILES string of the molecule is Cn1c(=O)oc2cc(C3=CCCN(C(=O)NCCCCc4ccccc4)C3)ccc21. The summed E-state index contributed by atoms with van der Waals surface area (Å²) < 4.78 is 6.79. The number of oxazole rings is 1. The second-order valence-electron chi connectivity index (χ2n) is 7.72. The predicted molar refractivity (Wildman–Crippen MR) is 118 cm³/mol. The third kappa shape index (κ3) is 4.48. The van der Waals surface area contributed by atoms with Gasteiger partial charge in [0.1, 0.15) is 0 Å². The molecule has 3 aromatic rings. The summed E-state index contributed by atoms with van der Waals surface area (Å²) in [5.74, 6) is -0.368. The maximum Gasteiger partial charge on any atom is 0.419 e. The van der Waals surface area contributed by atoms with Crippen LogP contribution >= 0.6 is 0 Å². The standard InChI is InChI=1S/C24H27N3O3/c1-26-21-13-12-19(16-22(21)30-24(26)29)20-11-7-15-27(17-20)23(28)25-14-6-5-10-18-8-3-2-4-9-18/h2-4,8-9,11-13,16H,5-7,10,14-15,17H2,1H3,(H,25,28). The molecule has 1 aromatic heterocycles. The number of carbonyl (C=O) groups is 1. The van der Waals surface area contributed by atoms with Crippen LogP contribution in [-0.4, -0.2) is 35.1 Å². The van der Waals surface area contributed by atoms with Crippen LogP contribution in [0.5, 0.6) is 0 Å². The third-order valence-corrected chi connectivity index (χ3v) is 5.61. The minimum Gasteiger partial charge on any atom is -0.408 e. The van der Waals surface area contributed by atoms with E-state index in [9.17, 15) is 9.59 Å². The number of nitrogens with zero attached hydrogens (tertiary/aromatic N) is 2. The van der Waals surface area contributed by atoms with Gasteiger partial charge < -0.3 is 14.6 Å². The van der Waals surface area contributed by atoms with Gasteiger partial charge in [-0.1, -0.05) is 42.5 Å². The summed E-state index contributed by atoms with van der Waals surface area (Å²) in [5.41, 5.74) is 4.73. The highest BCUT2D eigenvalue weighted by Crippen LogP contribution is 2.24. The Hall–Kier alpha value is -3.28. The van der Waals surface area contributed by atoms with E-state index in [0.29, 0.717) is 25.2 Å². The number of unbranched alkanes of at least 4 members (excludes halogenated alkanes) is 1. The van der Waals surface area contributed by atoms with Gasteiger partial charge in [-0.05, 0) is 54.5 Å². The van der Waals surface area contributed by atoms with Gasteiger partial charge in [-0.3, -0.25) is 4.57 Å². The van der Waals surface area contributed by atoms with Crippen molar-refractivity contribution in [3.8, 4) is 0 Å². The number of carbonyl (C=O) groups excluding carboxylic acids is 1. The van der Waals surface area contributed by atoms with Gasteiger partial charge in [0, 0.05) is 26.7 Å². The van der Waals surface area contributed by atoms with Crippen molar-refractivity contribution in [3.05, 3.63) is 76.3 Å². The van der Waals surface area contributed by atoms with Crippen LogP contribution in [0, 0.1) is 0 Å². The largest absolute Gasteiger partial charge is 0.419 e. The van der Waals surface area contributed by atoms with Gasteiger partial charge in [-0.15, -0.1) is 0 Å². The molecule has 0 unspecified atom stereocenters. The van der Waals surface area contributed by atoms with Gasteiger partial charge >= 0.3 is 11.8 Å². The van der Waals surface area contributed by atoms with E-state index in [4.69, 9.17) is 4.42 Å². The molecule has 0 fully saturated rings. The molecule has 4 rings (SSSR count). The second-order valence-corrected chi connectivity index (χ2v) is 7.72. The fourth-order valence-electron chi connectivity index (χ4n) is 3.87. The molecule has 0 atom stereocenters. The summed E-state index contributed by atoms with van der Waals surface area (Å²) in [4.78, 5) is 26.2. The zero-order valence-corrected chi connectivity index (χ0v) is 17.3. The van der Waals surface area contributed by atoms with Crippen LogP contribution in [0.1, 0.15) is 30.4 Å². The Morgan fingerprint density at radius 3 is 2.80 bits per heavy atom. The molecule has 6 nitrogen and oxygen atoms in total. The lowest BCUT2D eigenvalue weighted by molar-refractivity contribution is 0.203. The van der Waals surface area contributed by atoms with Crippen molar-refractivity contribution in [2.45, 2.75) is 25.7 Å². The Bertz CT molecular complexity index is 1110. The zero-order valence-electron chi connectivity index (χ0n) is 17.3. The van der Waals surface area contributed by atoms with Crippen molar-refractivity contribution in [1.29, 1.82) is 0 Å². The summed E-state index contributed by atoms with van der Waals surface area (Å²) in [5, 5.41) is 3.05. The number of fused-ring (bicyclic) bond motifs is 1. The van der Waals surface area contributed by atoms with Crippen LogP contribution in [0.4, 0.5) is 4.79 Å². The molecular formula is C24H27N3O3. The summed E-state index contributed by atoms with van der Waals surface area (Å²) in [7, 11) is 1.69. The quantitative estimate of drug-likeness (QED) is 0.632. The summed E-state index contributed by atoms with van der Waals surface area (Å²) in [6, 6.07) is 16.1. The summed E-state index contributed by atoms with van der Waals surface area (Å²) in [6.45, 7) is 1.95. The van der Waals surface area contributed by atoms with Gasteiger partial charge in [0.25, 0.3) is 0 Å². The smallest absolute Gasteiger partial charge is 0.408 e. The molecule has 2 aromatic carbocycles. The number of hydrogen-bond acceptors (Lipinski definition) is 3. The number of hydrogen-bond donors (Lipinski definition) is 1. The normalized spacial score (nSPS) is 14.0. The predicted octanol–water partition coefficient (Wildman–Crippen LogP) is 3.95. The van der Waals surface area contributed by atoms with E-state index >= 15 is 0 Å². The first kappa shape index (κ1) is 20.0. The lowest BCUT2D eigenvalue weighted by Gasteiger charge is -2.28. The topological polar surface area (TPSA) is 67.5 Å². The minimum atomic E-state index is -0.368. The molecule has 0 aliphatic carbocycles. The highest BCUT2D eigenvalue weighted by Gasteiger charge is 2.19. The molecule has 1 aliphatic rings. The third-order valence-electron chi connectivity index (χ3n) is 5.61. The Labute approximate surface area is 175 Å². The molecule has 2 heterocycles. The molecule has 0 saturated carbocycles. The average molecular weight is 405 g/mol. The van der Waals surface area contributed by atoms with E-state index in [-0.39, 0.29) is 11.8 Å². The maximum absolute atomic E-state index is 12.6. The van der Waals surface area contributed by atoms with E-state index in [0.717, 1.165) is 42.3 Å². The molecule has 0 radical (unpaired) electrons. The van der Waals surface area contributed by atoms with Gasteiger partial charge in [0.15, 0.2) is 5.58 Å². The first-order valence-electron chi connectivity index (χ1n) is 10.5. The van der Waals surface area contributed by atoms with Crippen molar-refractivity contribution < 1.29 is 9.21 Å². The van der Waals surface area contributed by atoms with Crippen molar-refractivity contribution in [2.75, 3.05) is 19.6 Å². The summed E-state index contributed by atoms with van der Waals surface area (Å²) in [6.07, 6.45) is 6.02. The Morgan fingerprint density at radius 1 is 1.13 bits per heavy atom. The number of nitrogens with one attached hydrogen (secondary N) is 1. The van der Waals surface area contributed by atoms with Crippen LogP contribution in [0.2, 0.25) is 0 Å². The van der Waals surface area contributed by atoms with Crippen LogP contribution in [0.25, 0.3) is 16.7 Å².